The number of aromatic hydroxyl groups is 1. The van der Waals surface area contributed by atoms with Crippen molar-refractivity contribution in [3.63, 3.8) is 0 Å². The zero-order chi connectivity index (χ0) is 16.7. The number of carbonyl (C=O) groups excluding carboxylic acids is 1. The second kappa shape index (κ2) is 8.57. The van der Waals surface area contributed by atoms with Crippen LogP contribution in [0, 0.1) is 0 Å². The third-order valence-corrected chi connectivity index (χ3v) is 3.89. The van der Waals surface area contributed by atoms with Gasteiger partial charge in [-0.3, -0.25) is 4.79 Å². The Balaban J connectivity index is 2.94. The molecular formula is C20H28O2. The molecule has 0 unspecified atom stereocenters. The van der Waals surface area contributed by atoms with Crippen molar-refractivity contribution >= 4 is 5.78 Å². The highest BCUT2D eigenvalue weighted by atomic mass is 16.3. The van der Waals surface area contributed by atoms with Gasteiger partial charge in [0.05, 0.1) is 5.56 Å². The molecule has 2 nitrogen and oxygen atoms in total. The third-order valence-electron chi connectivity index (χ3n) is 3.89. The molecule has 1 aromatic carbocycles. The molecule has 1 N–H and O–H groups in total. The van der Waals surface area contributed by atoms with Gasteiger partial charge in [-0.05, 0) is 65.0 Å². The number of aryl methyl sites for hydroxylation is 1. The topological polar surface area (TPSA) is 37.3 Å². The van der Waals surface area contributed by atoms with Crippen LogP contribution in [-0.4, -0.2) is 10.9 Å². The number of phenolic OH excluding ortho intramolecular Hbond substituents is 1. The fraction of sp³-hybridized carbons (Fsp3) is 0.450. The van der Waals surface area contributed by atoms with Crippen molar-refractivity contribution in [3.05, 3.63) is 52.1 Å². The van der Waals surface area contributed by atoms with Gasteiger partial charge >= 0.3 is 0 Å². The second-order valence-corrected chi connectivity index (χ2v) is 6.08. The highest BCUT2D eigenvalue weighted by Gasteiger charge is 2.13. The van der Waals surface area contributed by atoms with E-state index >= 15 is 0 Å². The number of ketones is 1. The van der Waals surface area contributed by atoms with E-state index in [9.17, 15) is 9.90 Å². The van der Waals surface area contributed by atoms with Gasteiger partial charge in [-0.2, -0.15) is 0 Å². The van der Waals surface area contributed by atoms with Gasteiger partial charge in [0.2, 0.25) is 0 Å². The Morgan fingerprint density at radius 2 is 1.82 bits per heavy atom. The second-order valence-electron chi connectivity index (χ2n) is 6.08. The summed E-state index contributed by atoms with van der Waals surface area (Å²) in [5, 5.41) is 10.4. The maximum Gasteiger partial charge on any atom is 0.163 e. The van der Waals surface area contributed by atoms with Gasteiger partial charge in [-0.15, -0.1) is 0 Å². The molecule has 120 valence electrons. The summed E-state index contributed by atoms with van der Waals surface area (Å²) in [6.07, 6.45) is 8.01. The van der Waals surface area contributed by atoms with E-state index in [0.29, 0.717) is 12.0 Å². The molecule has 0 heterocycles. The van der Waals surface area contributed by atoms with E-state index in [1.807, 2.05) is 6.07 Å². The van der Waals surface area contributed by atoms with Crippen LogP contribution in [0.15, 0.2) is 35.4 Å². The first-order valence-electron chi connectivity index (χ1n) is 8.00. The SMILES string of the molecule is CCc1ccc(C(C)=O)c(O)c1C/C=C(\C)CCC=C(C)C. The van der Waals surface area contributed by atoms with Gasteiger partial charge in [0.15, 0.2) is 5.78 Å². The van der Waals surface area contributed by atoms with Gasteiger partial charge in [0.1, 0.15) is 5.75 Å². The number of Topliss-reactive ketones (excluding diaryl/α,β-unsaturated/α-hetero) is 1. The number of benzene rings is 1. The normalized spacial score (nSPS) is 11.4. The molecule has 0 bridgehead atoms. The number of hydrogen-bond acceptors (Lipinski definition) is 2. The first kappa shape index (κ1) is 18.2. The molecular weight excluding hydrogens is 272 g/mol. The molecule has 0 atom stereocenters. The average Bonchev–Trinajstić information content (AvgIpc) is 2.44. The predicted molar refractivity (Wildman–Crippen MR) is 93.6 cm³/mol. The van der Waals surface area contributed by atoms with Crippen LogP contribution < -0.4 is 0 Å². The van der Waals surface area contributed by atoms with Crippen LogP contribution in [0.4, 0.5) is 0 Å². The Kier molecular flexibility index (Phi) is 7.10. The molecule has 0 aliphatic heterocycles. The average molecular weight is 300 g/mol. The van der Waals surface area contributed by atoms with Gasteiger partial charge in [0, 0.05) is 5.56 Å². The van der Waals surface area contributed by atoms with E-state index in [1.54, 1.807) is 6.07 Å². The number of rotatable bonds is 7. The largest absolute Gasteiger partial charge is 0.507 e. The summed E-state index contributed by atoms with van der Waals surface area (Å²) in [5.41, 5.74) is 5.07. The van der Waals surface area contributed by atoms with Gasteiger partial charge in [-0.25, -0.2) is 0 Å². The minimum absolute atomic E-state index is 0.0920. The molecule has 0 spiro atoms. The fourth-order valence-corrected chi connectivity index (χ4v) is 2.49. The van der Waals surface area contributed by atoms with Gasteiger partial charge in [0.25, 0.3) is 0 Å². The van der Waals surface area contributed by atoms with E-state index < -0.39 is 0 Å². The number of hydrogen-bond donors (Lipinski definition) is 1. The molecule has 0 aliphatic carbocycles. The lowest BCUT2D eigenvalue weighted by molar-refractivity contribution is 0.101. The Hall–Kier alpha value is -1.83. The highest BCUT2D eigenvalue weighted by molar-refractivity contribution is 5.97. The summed E-state index contributed by atoms with van der Waals surface area (Å²) in [6.45, 7) is 9.90. The van der Waals surface area contributed by atoms with E-state index in [-0.39, 0.29) is 11.5 Å². The Morgan fingerprint density at radius 1 is 1.14 bits per heavy atom. The highest BCUT2D eigenvalue weighted by Crippen LogP contribution is 2.28. The van der Waals surface area contributed by atoms with Crippen molar-refractivity contribution < 1.29 is 9.90 Å². The van der Waals surface area contributed by atoms with Crippen molar-refractivity contribution in [1.29, 1.82) is 0 Å². The molecule has 0 saturated heterocycles. The molecule has 0 radical (unpaired) electrons. The zero-order valence-electron chi connectivity index (χ0n) is 14.5. The molecule has 1 aromatic rings. The van der Waals surface area contributed by atoms with Crippen molar-refractivity contribution in [2.45, 2.75) is 60.3 Å². The maximum atomic E-state index is 11.6. The quantitative estimate of drug-likeness (QED) is 0.541. The summed E-state index contributed by atoms with van der Waals surface area (Å²) >= 11 is 0. The molecule has 1 rings (SSSR count). The molecule has 22 heavy (non-hydrogen) atoms. The van der Waals surface area contributed by atoms with Crippen LogP contribution in [-0.2, 0) is 12.8 Å². The predicted octanol–water partition coefficient (Wildman–Crippen LogP) is 5.39. The third kappa shape index (κ3) is 5.18. The molecule has 0 aliphatic rings. The van der Waals surface area contributed by atoms with E-state index in [0.717, 1.165) is 30.4 Å². The van der Waals surface area contributed by atoms with Crippen molar-refractivity contribution in [2.75, 3.05) is 0 Å². The van der Waals surface area contributed by atoms with Gasteiger partial charge in [-0.1, -0.05) is 36.3 Å². The molecule has 0 aromatic heterocycles. The molecule has 0 fully saturated rings. The Labute approximate surface area is 134 Å². The van der Waals surface area contributed by atoms with Crippen LogP contribution in [0.2, 0.25) is 0 Å². The lowest BCUT2D eigenvalue weighted by atomic mass is 9.95. The van der Waals surface area contributed by atoms with Crippen molar-refractivity contribution in [1.82, 2.24) is 0 Å². The van der Waals surface area contributed by atoms with Crippen LogP contribution in [0.3, 0.4) is 0 Å². The van der Waals surface area contributed by atoms with Gasteiger partial charge < -0.3 is 5.11 Å². The summed E-state index contributed by atoms with van der Waals surface area (Å²) < 4.78 is 0. The minimum Gasteiger partial charge on any atom is -0.507 e. The van der Waals surface area contributed by atoms with Crippen LogP contribution in [0.25, 0.3) is 0 Å². The number of carbonyl (C=O) groups is 1. The lowest BCUT2D eigenvalue weighted by Crippen LogP contribution is -2.00. The van der Waals surface area contributed by atoms with Crippen LogP contribution in [0.5, 0.6) is 5.75 Å². The Bertz CT molecular complexity index is 588. The summed E-state index contributed by atoms with van der Waals surface area (Å²) in [7, 11) is 0. The van der Waals surface area contributed by atoms with Crippen molar-refractivity contribution in [3.8, 4) is 5.75 Å². The van der Waals surface area contributed by atoms with E-state index in [1.165, 1.54) is 18.1 Å². The Morgan fingerprint density at radius 3 is 2.36 bits per heavy atom. The molecule has 2 heteroatoms. The standard InChI is InChI=1S/C20H28O2/c1-6-17-11-13-18(16(5)21)20(22)19(17)12-10-15(4)9-7-8-14(2)3/h8,10-11,13,22H,6-7,9,12H2,1-5H3/b15-10+. The van der Waals surface area contributed by atoms with E-state index in [2.05, 4.69) is 39.8 Å². The summed E-state index contributed by atoms with van der Waals surface area (Å²) in [4.78, 5) is 11.6. The molecule has 0 saturated carbocycles. The smallest absolute Gasteiger partial charge is 0.163 e. The van der Waals surface area contributed by atoms with E-state index in [4.69, 9.17) is 0 Å². The molecule has 0 amide bonds. The first-order valence-corrected chi connectivity index (χ1v) is 8.00. The van der Waals surface area contributed by atoms with Crippen LogP contribution >= 0.6 is 0 Å². The fourth-order valence-electron chi connectivity index (χ4n) is 2.49. The number of phenols is 1. The van der Waals surface area contributed by atoms with Crippen molar-refractivity contribution in [2.24, 2.45) is 0 Å². The first-order chi connectivity index (χ1) is 10.4. The van der Waals surface area contributed by atoms with Crippen LogP contribution in [0.1, 0.15) is 68.9 Å². The monoisotopic (exact) mass is 300 g/mol. The summed E-state index contributed by atoms with van der Waals surface area (Å²) in [5.74, 6) is 0.0610. The summed E-state index contributed by atoms with van der Waals surface area (Å²) in [6, 6.07) is 3.68. The lowest BCUT2D eigenvalue weighted by Gasteiger charge is -2.12. The maximum absolute atomic E-state index is 11.6. The minimum atomic E-state index is -0.0920. The zero-order valence-corrected chi connectivity index (χ0v) is 14.5. The number of allylic oxidation sites excluding steroid dienone is 4.